The lowest BCUT2D eigenvalue weighted by Crippen LogP contribution is -2.54. The molecular weight excluding hydrogens is 440 g/mol. The van der Waals surface area contributed by atoms with Gasteiger partial charge < -0.3 is 30.3 Å². The lowest BCUT2D eigenvalue weighted by molar-refractivity contribution is -0.143. The normalized spacial score (nSPS) is 14.5. The topological polar surface area (TPSA) is 134 Å². The molecule has 2 aromatic carbocycles. The van der Waals surface area contributed by atoms with Crippen LogP contribution in [0.25, 0.3) is 11.1 Å². The summed E-state index contributed by atoms with van der Waals surface area (Å²) < 4.78 is 10.9. The van der Waals surface area contributed by atoms with Crippen molar-refractivity contribution in [2.45, 2.75) is 43.9 Å². The molecule has 1 aliphatic carbocycles. The van der Waals surface area contributed by atoms with Crippen LogP contribution in [0.15, 0.2) is 48.5 Å². The Labute approximate surface area is 198 Å². The van der Waals surface area contributed by atoms with Crippen LogP contribution in [-0.2, 0) is 19.1 Å². The Morgan fingerprint density at radius 3 is 2.03 bits per heavy atom. The molecule has 0 saturated heterocycles. The van der Waals surface area contributed by atoms with Gasteiger partial charge in [0, 0.05) is 19.4 Å². The maximum absolute atomic E-state index is 12.7. The van der Waals surface area contributed by atoms with E-state index in [0.717, 1.165) is 22.3 Å². The number of carbonyl (C=O) groups is 3. The van der Waals surface area contributed by atoms with Gasteiger partial charge in [-0.25, -0.2) is 9.59 Å². The van der Waals surface area contributed by atoms with Gasteiger partial charge in [-0.05, 0) is 36.1 Å². The third-order valence-corrected chi connectivity index (χ3v) is 6.00. The summed E-state index contributed by atoms with van der Waals surface area (Å²) in [6.07, 6.45) is -0.762. The first-order valence-corrected chi connectivity index (χ1v) is 11.0. The van der Waals surface area contributed by atoms with Crippen molar-refractivity contribution in [1.29, 1.82) is 0 Å². The molecular formula is C25H30N2O7. The fourth-order valence-electron chi connectivity index (χ4n) is 4.02. The van der Waals surface area contributed by atoms with Crippen molar-refractivity contribution >= 4 is 18.0 Å². The molecule has 9 nitrogen and oxygen atoms in total. The number of nitrogens with one attached hydrogen (secondary N) is 2. The van der Waals surface area contributed by atoms with Gasteiger partial charge in [-0.2, -0.15) is 0 Å². The van der Waals surface area contributed by atoms with Gasteiger partial charge in [0.1, 0.15) is 18.7 Å². The van der Waals surface area contributed by atoms with Crippen molar-refractivity contribution in [3.05, 3.63) is 59.7 Å². The highest BCUT2D eigenvalue weighted by Crippen LogP contribution is 2.44. The van der Waals surface area contributed by atoms with E-state index in [0.29, 0.717) is 0 Å². The fraction of sp³-hybridized carbons (Fsp3) is 0.400. The smallest absolute Gasteiger partial charge is 0.407 e. The molecule has 0 bridgehead atoms. The molecule has 0 aromatic heterocycles. The molecule has 34 heavy (non-hydrogen) atoms. The monoisotopic (exact) mass is 470 g/mol. The molecule has 2 amide bonds. The summed E-state index contributed by atoms with van der Waals surface area (Å²) in [6.45, 7) is 2.74. The third-order valence-electron chi connectivity index (χ3n) is 6.00. The van der Waals surface area contributed by atoms with Gasteiger partial charge in [0.05, 0.1) is 12.2 Å². The predicted molar refractivity (Wildman–Crippen MR) is 124 cm³/mol. The number of alkyl carbamates (subject to hydrolysis) is 1. The van der Waals surface area contributed by atoms with Crippen molar-refractivity contribution in [3.63, 3.8) is 0 Å². The summed E-state index contributed by atoms with van der Waals surface area (Å²) in [4.78, 5) is 36.6. The van der Waals surface area contributed by atoms with Crippen molar-refractivity contribution in [1.82, 2.24) is 10.6 Å². The lowest BCUT2D eigenvalue weighted by atomic mass is 9.98. The Kier molecular flexibility index (Phi) is 7.90. The standard InChI is InChI=1S/C25H30N2O7/c1-25(2,33-3)12-20(22(29)26-21(13-28)23(30)31)27-24(32)34-14-19-17-10-6-4-8-15(17)16-9-5-7-11-18(16)19/h4-11,19-21,28H,12-14H2,1-3H3,(H,26,29)(H,27,32)(H,30,31)/t20?,21-/m0/s1. The minimum absolute atomic E-state index is 0.0529. The maximum Gasteiger partial charge on any atom is 0.407 e. The number of carboxylic acids is 1. The molecule has 1 aliphatic rings. The molecule has 0 saturated carbocycles. The van der Waals surface area contributed by atoms with Gasteiger partial charge in [-0.3, -0.25) is 4.79 Å². The predicted octanol–water partition coefficient (Wildman–Crippen LogP) is 2.27. The number of carbonyl (C=O) groups excluding carboxylic acids is 2. The average Bonchev–Trinajstić information content (AvgIpc) is 3.14. The first-order chi connectivity index (χ1) is 16.2. The van der Waals surface area contributed by atoms with Gasteiger partial charge in [0.2, 0.25) is 5.91 Å². The number of ether oxygens (including phenoxy) is 2. The summed E-state index contributed by atoms with van der Waals surface area (Å²) in [6, 6.07) is 13.2. The summed E-state index contributed by atoms with van der Waals surface area (Å²) in [5.41, 5.74) is 3.50. The summed E-state index contributed by atoms with van der Waals surface area (Å²) in [7, 11) is 1.47. The molecule has 4 N–H and O–H groups in total. The van der Waals surface area contributed by atoms with Crippen LogP contribution < -0.4 is 10.6 Å². The molecule has 3 rings (SSSR count). The van der Waals surface area contributed by atoms with Crippen LogP contribution in [0.1, 0.15) is 37.3 Å². The number of fused-ring (bicyclic) bond motifs is 3. The number of rotatable bonds is 10. The van der Waals surface area contributed by atoms with Gasteiger partial charge in [0.15, 0.2) is 0 Å². The molecule has 0 spiro atoms. The van der Waals surface area contributed by atoms with Crippen LogP contribution >= 0.6 is 0 Å². The van der Waals surface area contributed by atoms with Crippen molar-refractivity contribution < 1.29 is 34.1 Å². The van der Waals surface area contributed by atoms with Crippen molar-refractivity contribution in [3.8, 4) is 11.1 Å². The van der Waals surface area contributed by atoms with Gasteiger partial charge >= 0.3 is 12.1 Å². The second kappa shape index (κ2) is 10.7. The summed E-state index contributed by atoms with van der Waals surface area (Å²) >= 11 is 0. The SMILES string of the molecule is COC(C)(C)CC(NC(=O)OCC1c2ccccc2-c2ccccc21)C(=O)N[C@@H](CO)C(=O)O. The number of aliphatic hydroxyl groups excluding tert-OH is 1. The van der Waals surface area contributed by atoms with Gasteiger partial charge in [-0.1, -0.05) is 48.5 Å². The van der Waals surface area contributed by atoms with E-state index in [9.17, 15) is 19.5 Å². The van der Waals surface area contributed by atoms with E-state index in [-0.39, 0.29) is 18.9 Å². The number of amides is 2. The Morgan fingerprint density at radius 1 is 0.971 bits per heavy atom. The minimum atomic E-state index is -1.50. The molecule has 0 aliphatic heterocycles. The van der Waals surface area contributed by atoms with E-state index in [1.165, 1.54) is 7.11 Å². The van der Waals surface area contributed by atoms with Crippen LogP contribution in [0, 0.1) is 0 Å². The number of aliphatic carboxylic acids is 1. The quantitative estimate of drug-likeness (QED) is 0.418. The number of hydrogen-bond acceptors (Lipinski definition) is 6. The number of aliphatic hydroxyl groups is 1. The third kappa shape index (κ3) is 5.73. The molecule has 2 aromatic rings. The zero-order chi connectivity index (χ0) is 24.9. The molecule has 9 heteroatoms. The molecule has 0 heterocycles. The number of hydrogen-bond donors (Lipinski definition) is 4. The van der Waals surface area contributed by atoms with Crippen LogP contribution in [0.3, 0.4) is 0 Å². The van der Waals surface area contributed by atoms with E-state index in [1.807, 2.05) is 48.5 Å². The molecule has 2 atom stereocenters. The highest BCUT2D eigenvalue weighted by molar-refractivity contribution is 5.89. The van der Waals surface area contributed by atoms with Crippen LogP contribution in [0.5, 0.6) is 0 Å². The van der Waals surface area contributed by atoms with Crippen LogP contribution in [-0.4, -0.2) is 66.2 Å². The second-order valence-corrected chi connectivity index (χ2v) is 8.77. The first-order valence-electron chi connectivity index (χ1n) is 11.0. The minimum Gasteiger partial charge on any atom is -0.480 e. The number of methoxy groups -OCH3 is 1. The zero-order valence-electron chi connectivity index (χ0n) is 19.4. The Balaban J connectivity index is 1.71. The van der Waals surface area contributed by atoms with Crippen LogP contribution in [0.2, 0.25) is 0 Å². The maximum atomic E-state index is 12.7. The average molecular weight is 471 g/mol. The van der Waals surface area contributed by atoms with E-state index in [1.54, 1.807) is 13.8 Å². The van der Waals surface area contributed by atoms with Crippen LogP contribution in [0.4, 0.5) is 4.79 Å². The van der Waals surface area contributed by atoms with E-state index in [4.69, 9.17) is 14.6 Å². The first kappa shape index (κ1) is 25.2. The zero-order valence-corrected chi connectivity index (χ0v) is 19.4. The Hall–Kier alpha value is -3.43. The highest BCUT2D eigenvalue weighted by Gasteiger charge is 2.33. The number of benzene rings is 2. The highest BCUT2D eigenvalue weighted by atomic mass is 16.5. The summed E-state index contributed by atoms with van der Waals surface area (Å²) in [5, 5.41) is 23.1. The Morgan fingerprint density at radius 2 is 1.53 bits per heavy atom. The molecule has 0 fully saturated rings. The summed E-state index contributed by atoms with van der Waals surface area (Å²) in [5.74, 6) is -2.30. The van der Waals surface area contributed by atoms with E-state index >= 15 is 0 Å². The van der Waals surface area contributed by atoms with E-state index < -0.39 is 42.3 Å². The largest absolute Gasteiger partial charge is 0.480 e. The van der Waals surface area contributed by atoms with Crippen molar-refractivity contribution in [2.75, 3.05) is 20.3 Å². The van der Waals surface area contributed by atoms with Crippen molar-refractivity contribution in [2.24, 2.45) is 0 Å². The molecule has 1 unspecified atom stereocenters. The van der Waals surface area contributed by atoms with Gasteiger partial charge in [0.25, 0.3) is 0 Å². The van der Waals surface area contributed by atoms with E-state index in [2.05, 4.69) is 10.6 Å². The van der Waals surface area contributed by atoms with Gasteiger partial charge in [-0.15, -0.1) is 0 Å². The lowest BCUT2D eigenvalue weighted by Gasteiger charge is -2.29. The molecule has 0 radical (unpaired) electrons. The number of carboxylic acid groups (broad SMARTS) is 1. The fourth-order valence-corrected chi connectivity index (χ4v) is 4.02. The Bertz CT molecular complexity index is 1010. The second-order valence-electron chi connectivity index (χ2n) is 8.77. The molecule has 182 valence electrons.